The molecule has 0 radical (unpaired) electrons. The number of aryl methyl sites for hydroxylation is 1. The van der Waals surface area contributed by atoms with E-state index in [0.29, 0.717) is 6.61 Å². The van der Waals surface area contributed by atoms with Gasteiger partial charge in [0.15, 0.2) is 17.6 Å². The molecule has 0 N–H and O–H groups in total. The number of ether oxygens (including phenoxy) is 1. The standard InChI is InChI=1S/C13H17N2O2.BrH/c1-3-14-10-15(9-13(16)17-4-2)12-8-6-5-7-11(12)14;/h5-8,10H,3-4,9H2,1-2H3;1H/q+1;/p-1. The molecule has 1 aromatic heterocycles. The summed E-state index contributed by atoms with van der Waals surface area (Å²) in [4.78, 5) is 11.5. The van der Waals surface area contributed by atoms with Gasteiger partial charge in [0, 0.05) is 0 Å². The number of carbonyl (C=O) groups excluding carboxylic acids is 1. The average molecular weight is 313 g/mol. The Morgan fingerprint density at radius 1 is 1.33 bits per heavy atom. The van der Waals surface area contributed by atoms with Gasteiger partial charge in [-0.2, -0.15) is 0 Å². The van der Waals surface area contributed by atoms with Crippen LogP contribution in [0.25, 0.3) is 11.0 Å². The lowest BCUT2D eigenvalue weighted by Gasteiger charge is -1.98. The van der Waals surface area contributed by atoms with Gasteiger partial charge in [-0.25, -0.2) is 13.9 Å². The molecule has 0 aliphatic heterocycles. The molecule has 1 aromatic carbocycles. The number of halogens is 1. The molecule has 0 amide bonds. The Labute approximate surface area is 117 Å². The minimum atomic E-state index is -0.198. The first-order chi connectivity index (χ1) is 8.26. The molecule has 0 spiro atoms. The van der Waals surface area contributed by atoms with E-state index in [2.05, 4.69) is 17.6 Å². The zero-order chi connectivity index (χ0) is 12.3. The average Bonchev–Trinajstić information content (AvgIpc) is 2.68. The van der Waals surface area contributed by atoms with Crippen LogP contribution >= 0.6 is 0 Å². The normalized spacial score (nSPS) is 10.1. The van der Waals surface area contributed by atoms with Crippen molar-refractivity contribution in [3.8, 4) is 0 Å². The first-order valence-electron chi connectivity index (χ1n) is 5.89. The first-order valence-corrected chi connectivity index (χ1v) is 5.89. The molecule has 0 fully saturated rings. The van der Waals surface area contributed by atoms with Crippen molar-refractivity contribution in [2.45, 2.75) is 26.9 Å². The third kappa shape index (κ3) is 2.90. The summed E-state index contributed by atoms with van der Waals surface area (Å²) in [5, 5.41) is 0. The minimum absolute atomic E-state index is 0. The van der Waals surface area contributed by atoms with Gasteiger partial charge in [-0.3, -0.25) is 0 Å². The van der Waals surface area contributed by atoms with E-state index in [4.69, 9.17) is 4.74 Å². The topological polar surface area (TPSA) is 35.1 Å². The van der Waals surface area contributed by atoms with E-state index < -0.39 is 0 Å². The highest BCUT2D eigenvalue weighted by Gasteiger charge is 2.16. The quantitative estimate of drug-likeness (QED) is 0.510. The summed E-state index contributed by atoms with van der Waals surface area (Å²) in [6.07, 6.45) is 1.96. The van der Waals surface area contributed by atoms with Crippen LogP contribution in [-0.4, -0.2) is 17.1 Å². The highest BCUT2D eigenvalue weighted by molar-refractivity contribution is 5.73. The summed E-state index contributed by atoms with van der Waals surface area (Å²) in [6.45, 7) is 5.47. The maximum atomic E-state index is 11.5. The number of carbonyl (C=O) groups is 1. The summed E-state index contributed by atoms with van der Waals surface area (Å²) < 4.78 is 9.02. The number of fused-ring (bicyclic) bond motifs is 1. The van der Waals surface area contributed by atoms with Gasteiger partial charge in [0.05, 0.1) is 13.2 Å². The molecular formula is C13H17BrN2O2. The molecular weight excluding hydrogens is 296 g/mol. The molecule has 18 heavy (non-hydrogen) atoms. The summed E-state index contributed by atoms with van der Waals surface area (Å²) >= 11 is 0. The second-order valence-electron chi connectivity index (χ2n) is 3.82. The smallest absolute Gasteiger partial charge is 0.348 e. The van der Waals surface area contributed by atoms with Crippen LogP contribution < -0.4 is 21.5 Å². The Morgan fingerprint density at radius 3 is 2.72 bits per heavy atom. The predicted octanol–water partition coefficient (Wildman–Crippen LogP) is -1.48. The number of aromatic nitrogens is 2. The predicted molar refractivity (Wildman–Crippen MR) is 64.4 cm³/mol. The van der Waals surface area contributed by atoms with Crippen molar-refractivity contribution >= 4 is 17.0 Å². The van der Waals surface area contributed by atoms with E-state index in [1.807, 2.05) is 36.0 Å². The number of imidazole rings is 1. The van der Waals surface area contributed by atoms with E-state index in [1.54, 1.807) is 0 Å². The van der Waals surface area contributed by atoms with E-state index >= 15 is 0 Å². The molecule has 0 saturated carbocycles. The lowest BCUT2D eigenvalue weighted by molar-refractivity contribution is -0.661. The van der Waals surface area contributed by atoms with Crippen LogP contribution in [0.5, 0.6) is 0 Å². The highest BCUT2D eigenvalue weighted by Crippen LogP contribution is 2.10. The second-order valence-corrected chi connectivity index (χ2v) is 3.82. The zero-order valence-electron chi connectivity index (χ0n) is 10.6. The SMILES string of the molecule is CCOC(=O)C[n+]1cn(CC)c2ccccc21.[Br-]. The van der Waals surface area contributed by atoms with Crippen LogP contribution in [0.3, 0.4) is 0 Å². The first kappa shape index (κ1) is 14.7. The van der Waals surface area contributed by atoms with Gasteiger partial charge in [0.25, 0.3) is 0 Å². The number of nitrogens with zero attached hydrogens (tertiary/aromatic N) is 2. The lowest BCUT2D eigenvalue weighted by Crippen LogP contribution is -3.00. The van der Waals surface area contributed by atoms with Crippen LogP contribution in [0.15, 0.2) is 30.6 Å². The van der Waals surface area contributed by atoms with Crippen molar-refractivity contribution < 1.29 is 31.1 Å². The third-order valence-corrected chi connectivity index (χ3v) is 2.72. The largest absolute Gasteiger partial charge is 1.00 e. The Bertz CT molecular complexity index is 537. The number of para-hydroxylation sites is 2. The highest BCUT2D eigenvalue weighted by atomic mass is 79.9. The van der Waals surface area contributed by atoms with Gasteiger partial charge in [-0.05, 0) is 26.0 Å². The molecule has 0 saturated heterocycles. The number of esters is 1. The Balaban J connectivity index is 0.00000162. The molecule has 0 aliphatic rings. The lowest BCUT2D eigenvalue weighted by atomic mass is 10.3. The minimum Gasteiger partial charge on any atom is -1.00 e. The van der Waals surface area contributed by atoms with E-state index in [0.717, 1.165) is 17.6 Å². The fraction of sp³-hybridized carbons (Fsp3) is 0.385. The molecule has 5 heteroatoms. The van der Waals surface area contributed by atoms with Gasteiger partial charge in [-0.1, -0.05) is 12.1 Å². The third-order valence-electron chi connectivity index (χ3n) is 2.72. The molecule has 98 valence electrons. The fourth-order valence-corrected chi connectivity index (χ4v) is 1.97. The number of rotatable bonds is 4. The maximum Gasteiger partial charge on any atom is 0.348 e. The molecule has 0 aliphatic carbocycles. The van der Waals surface area contributed by atoms with Crippen LogP contribution in [0.2, 0.25) is 0 Å². The van der Waals surface area contributed by atoms with Crippen molar-refractivity contribution in [2.75, 3.05) is 6.61 Å². The molecule has 1 heterocycles. The molecule has 2 aromatic rings. The van der Waals surface area contributed by atoms with Gasteiger partial charge < -0.3 is 21.7 Å². The van der Waals surface area contributed by atoms with Gasteiger partial charge in [0.2, 0.25) is 6.33 Å². The fourth-order valence-electron chi connectivity index (χ4n) is 1.97. The summed E-state index contributed by atoms with van der Waals surface area (Å²) in [5.74, 6) is -0.198. The Kier molecular flexibility index (Phi) is 5.34. The van der Waals surface area contributed by atoms with Crippen molar-refractivity contribution in [1.82, 2.24) is 4.57 Å². The molecule has 2 rings (SSSR count). The summed E-state index contributed by atoms with van der Waals surface area (Å²) in [5.41, 5.74) is 2.20. The van der Waals surface area contributed by atoms with E-state index in [9.17, 15) is 4.79 Å². The number of hydrogen-bond donors (Lipinski definition) is 0. The summed E-state index contributed by atoms with van der Waals surface area (Å²) in [7, 11) is 0. The Morgan fingerprint density at radius 2 is 2.06 bits per heavy atom. The zero-order valence-corrected chi connectivity index (χ0v) is 12.2. The molecule has 0 bridgehead atoms. The molecule has 4 nitrogen and oxygen atoms in total. The van der Waals surface area contributed by atoms with Crippen molar-refractivity contribution in [3.63, 3.8) is 0 Å². The van der Waals surface area contributed by atoms with E-state index in [1.165, 1.54) is 0 Å². The van der Waals surface area contributed by atoms with Gasteiger partial charge in [0.1, 0.15) is 0 Å². The number of benzene rings is 1. The molecule has 0 atom stereocenters. The second kappa shape index (κ2) is 6.54. The Hall–Kier alpha value is -1.36. The number of hydrogen-bond acceptors (Lipinski definition) is 2. The van der Waals surface area contributed by atoms with Crippen LogP contribution in [0, 0.1) is 0 Å². The van der Waals surface area contributed by atoms with E-state index in [-0.39, 0.29) is 29.5 Å². The van der Waals surface area contributed by atoms with Crippen LogP contribution in [-0.2, 0) is 22.6 Å². The maximum absolute atomic E-state index is 11.5. The summed E-state index contributed by atoms with van der Waals surface area (Å²) in [6, 6.07) is 8.05. The monoisotopic (exact) mass is 312 g/mol. The van der Waals surface area contributed by atoms with Crippen molar-refractivity contribution in [3.05, 3.63) is 30.6 Å². The van der Waals surface area contributed by atoms with Gasteiger partial charge >= 0.3 is 5.97 Å². The van der Waals surface area contributed by atoms with Crippen molar-refractivity contribution in [1.29, 1.82) is 0 Å². The molecule has 0 unspecified atom stereocenters. The van der Waals surface area contributed by atoms with Gasteiger partial charge in [-0.15, -0.1) is 0 Å². The van der Waals surface area contributed by atoms with Crippen LogP contribution in [0.4, 0.5) is 0 Å². The van der Waals surface area contributed by atoms with Crippen molar-refractivity contribution in [2.24, 2.45) is 0 Å². The van der Waals surface area contributed by atoms with Crippen LogP contribution in [0.1, 0.15) is 13.8 Å².